The van der Waals surface area contributed by atoms with E-state index in [1.807, 2.05) is 24.3 Å². The van der Waals surface area contributed by atoms with E-state index in [-0.39, 0.29) is 19.1 Å². The minimum atomic E-state index is -1.02. The van der Waals surface area contributed by atoms with Crippen molar-refractivity contribution in [2.75, 3.05) is 19.7 Å². The molecule has 0 radical (unpaired) electrons. The molecule has 0 aromatic heterocycles. The summed E-state index contributed by atoms with van der Waals surface area (Å²) in [6.07, 6.45) is 2.83. The number of carbonyl (C=O) groups is 2. The minimum Gasteiger partial charge on any atom is -0.479 e. The molecular weight excluding hydrogens is 270 g/mol. The van der Waals surface area contributed by atoms with Crippen molar-refractivity contribution in [2.45, 2.75) is 31.3 Å². The summed E-state index contributed by atoms with van der Waals surface area (Å²) in [6, 6.07) is 7.74. The van der Waals surface area contributed by atoms with Crippen LogP contribution in [0.15, 0.2) is 24.3 Å². The smallest absolute Gasteiger partial charge is 0.334 e. The van der Waals surface area contributed by atoms with E-state index in [2.05, 4.69) is 0 Å². The van der Waals surface area contributed by atoms with Crippen LogP contribution in [-0.4, -0.2) is 47.7 Å². The number of carboxylic acids is 1. The average Bonchev–Trinajstić information content (AvgIpc) is 2.46. The molecule has 1 heterocycles. The monoisotopic (exact) mass is 289 g/mol. The van der Waals surface area contributed by atoms with E-state index in [0.717, 1.165) is 0 Å². The summed E-state index contributed by atoms with van der Waals surface area (Å²) in [5, 5.41) is 8.98. The largest absolute Gasteiger partial charge is 0.479 e. The van der Waals surface area contributed by atoms with Gasteiger partial charge in [0.05, 0.1) is 13.2 Å². The Morgan fingerprint density at radius 2 is 1.90 bits per heavy atom. The Morgan fingerprint density at radius 1 is 1.19 bits per heavy atom. The van der Waals surface area contributed by atoms with Crippen LogP contribution in [0, 0.1) is 0 Å². The second kappa shape index (κ2) is 5.85. The highest BCUT2D eigenvalue weighted by Gasteiger charge is 2.29. The van der Waals surface area contributed by atoms with Gasteiger partial charge in [-0.05, 0) is 36.5 Å². The number of ether oxygens (including phenoxy) is 1. The van der Waals surface area contributed by atoms with Crippen molar-refractivity contribution in [1.82, 2.24) is 4.90 Å². The zero-order valence-electron chi connectivity index (χ0n) is 11.8. The van der Waals surface area contributed by atoms with Crippen LogP contribution in [0.4, 0.5) is 0 Å². The molecule has 0 spiro atoms. The first kappa shape index (κ1) is 14.1. The van der Waals surface area contributed by atoms with E-state index in [0.29, 0.717) is 18.0 Å². The zero-order valence-corrected chi connectivity index (χ0v) is 11.8. The van der Waals surface area contributed by atoms with Crippen LogP contribution in [0.25, 0.3) is 0 Å². The third kappa shape index (κ3) is 2.93. The maximum Gasteiger partial charge on any atom is 0.334 e. The molecule has 1 aliphatic carbocycles. The van der Waals surface area contributed by atoms with Gasteiger partial charge in [0.25, 0.3) is 5.91 Å². The topological polar surface area (TPSA) is 66.8 Å². The molecule has 0 bridgehead atoms. The summed E-state index contributed by atoms with van der Waals surface area (Å²) < 4.78 is 5.13. The Bertz CT molecular complexity index is 536. The lowest BCUT2D eigenvalue weighted by Crippen LogP contribution is -2.48. The molecule has 5 nitrogen and oxygen atoms in total. The standard InChI is InChI=1S/C16H19NO4/c18-15(17-8-9-21-14(10-17)16(19)20)13-6-4-12(5-7-13)11-2-1-3-11/h4-7,11,14H,1-3,8-10H2,(H,19,20)/t14-/m0/s1. The third-order valence-electron chi connectivity index (χ3n) is 4.36. The van der Waals surface area contributed by atoms with Gasteiger partial charge in [-0.2, -0.15) is 0 Å². The Hall–Kier alpha value is -1.88. The average molecular weight is 289 g/mol. The Labute approximate surface area is 123 Å². The Morgan fingerprint density at radius 3 is 2.48 bits per heavy atom. The first-order valence-corrected chi connectivity index (χ1v) is 7.39. The van der Waals surface area contributed by atoms with E-state index in [4.69, 9.17) is 9.84 Å². The van der Waals surface area contributed by atoms with Gasteiger partial charge < -0.3 is 14.7 Å². The van der Waals surface area contributed by atoms with Crippen molar-refractivity contribution in [3.8, 4) is 0 Å². The van der Waals surface area contributed by atoms with Crippen LogP contribution in [0.2, 0.25) is 0 Å². The lowest BCUT2D eigenvalue weighted by Gasteiger charge is -2.31. The first-order chi connectivity index (χ1) is 10.1. The fraction of sp³-hybridized carbons (Fsp3) is 0.500. The maximum absolute atomic E-state index is 12.4. The molecule has 21 heavy (non-hydrogen) atoms. The highest BCUT2D eigenvalue weighted by atomic mass is 16.5. The fourth-order valence-electron chi connectivity index (χ4n) is 2.81. The summed E-state index contributed by atoms with van der Waals surface area (Å²) in [5.74, 6) is -0.494. The molecule has 1 atom stereocenters. The van der Waals surface area contributed by atoms with Gasteiger partial charge in [0.1, 0.15) is 0 Å². The quantitative estimate of drug-likeness (QED) is 0.922. The molecule has 5 heteroatoms. The number of carboxylic acid groups (broad SMARTS) is 1. The molecule has 1 saturated heterocycles. The second-order valence-electron chi connectivity index (χ2n) is 5.70. The van der Waals surface area contributed by atoms with Gasteiger partial charge in [0.15, 0.2) is 6.10 Å². The summed E-state index contributed by atoms with van der Waals surface area (Å²) >= 11 is 0. The van der Waals surface area contributed by atoms with Crippen molar-refractivity contribution < 1.29 is 19.4 Å². The van der Waals surface area contributed by atoms with Gasteiger partial charge in [-0.3, -0.25) is 4.79 Å². The van der Waals surface area contributed by atoms with Crippen molar-refractivity contribution in [3.05, 3.63) is 35.4 Å². The predicted octanol–water partition coefficient (Wildman–Crippen LogP) is 1.88. The second-order valence-corrected chi connectivity index (χ2v) is 5.70. The number of nitrogens with zero attached hydrogens (tertiary/aromatic N) is 1. The molecule has 1 aromatic carbocycles. The van der Waals surface area contributed by atoms with Crippen molar-refractivity contribution in [2.24, 2.45) is 0 Å². The highest BCUT2D eigenvalue weighted by molar-refractivity contribution is 5.94. The van der Waals surface area contributed by atoms with Crippen LogP contribution in [-0.2, 0) is 9.53 Å². The number of hydrogen-bond donors (Lipinski definition) is 1. The third-order valence-corrected chi connectivity index (χ3v) is 4.36. The van der Waals surface area contributed by atoms with Crippen molar-refractivity contribution in [3.63, 3.8) is 0 Å². The van der Waals surface area contributed by atoms with Crippen LogP contribution < -0.4 is 0 Å². The van der Waals surface area contributed by atoms with Crippen LogP contribution in [0.3, 0.4) is 0 Å². The number of morpholine rings is 1. The lowest BCUT2D eigenvalue weighted by atomic mass is 9.80. The maximum atomic E-state index is 12.4. The van der Waals surface area contributed by atoms with E-state index < -0.39 is 12.1 Å². The molecule has 112 valence electrons. The minimum absolute atomic E-state index is 0.110. The van der Waals surface area contributed by atoms with E-state index >= 15 is 0 Å². The molecule has 1 saturated carbocycles. The number of benzene rings is 1. The molecule has 0 unspecified atom stereocenters. The summed E-state index contributed by atoms with van der Waals surface area (Å²) in [7, 11) is 0. The van der Waals surface area contributed by atoms with Crippen molar-refractivity contribution >= 4 is 11.9 Å². The van der Waals surface area contributed by atoms with Gasteiger partial charge in [-0.1, -0.05) is 18.6 Å². The van der Waals surface area contributed by atoms with Crippen molar-refractivity contribution in [1.29, 1.82) is 0 Å². The number of carbonyl (C=O) groups excluding carboxylic acids is 1. The summed E-state index contributed by atoms with van der Waals surface area (Å²) in [4.78, 5) is 24.9. The summed E-state index contributed by atoms with van der Waals surface area (Å²) in [5.41, 5.74) is 1.91. The molecule has 2 aliphatic rings. The number of aliphatic carboxylic acids is 1. The first-order valence-electron chi connectivity index (χ1n) is 7.39. The predicted molar refractivity (Wildman–Crippen MR) is 76.3 cm³/mol. The Balaban J connectivity index is 1.67. The molecule has 1 N–H and O–H groups in total. The lowest BCUT2D eigenvalue weighted by molar-refractivity contribution is -0.154. The van der Waals surface area contributed by atoms with E-state index in [1.54, 1.807) is 4.90 Å². The zero-order chi connectivity index (χ0) is 14.8. The van der Waals surface area contributed by atoms with Gasteiger partial charge in [0, 0.05) is 12.1 Å². The van der Waals surface area contributed by atoms with Crippen LogP contribution >= 0.6 is 0 Å². The number of hydrogen-bond acceptors (Lipinski definition) is 3. The highest BCUT2D eigenvalue weighted by Crippen LogP contribution is 2.36. The fourth-order valence-corrected chi connectivity index (χ4v) is 2.81. The van der Waals surface area contributed by atoms with Crippen LogP contribution in [0.5, 0.6) is 0 Å². The molecule has 1 aromatic rings. The number of rotatable bonds is 3. The van der Waals surface area contributed by atoms with Gasteiger partial charge in [0.2, 0.25) is 0 Å². The summed E-state index contributed by atoms with van der Waals surface area (Å²) in [6.45, 7) is 0.814. The molecule has 2 fully saturated rings. The van der Waals surface area contributed by atoms with E-state index in [9.17, 15) is 9.59 Å². The number of amides is 1. The normalized spacial score (nSPS) is 22.7. The van der Waals surface area contributed by atoms with Gasteiger partial charge >= 0.3 is 5.97 Å². The molecule has 3 rings (SSSR count). The van der Waals surface area contributed by atoms with E-state index in [1.165, 1.54) is 24.8 Å². The SMILES string of the molecule is O=C(O)[C@@H]1CN(C(=O)c2ccc(C3CCC3)cc2)CCO1. The molecular formula is C16H19NO4. The van der Waals surface area contributed by atoms with Crippen LogP contribution in [0.1, 0.15) is 41.1 Å². The molecule has 1 amide bonds. The van der Waals surface area contributed by atoms with Gasteiger partial charge in [-0.15, -0.1) is 0 Å². The Kier molecular flexibility index (Phi) is 3.92. The molecule has 1 aliphatic heterocycles. The van der Waals surface area contributed by atoms with Gasteiger partial charge in [-0.25, -0.2) is 4.79 Å².